The first kappa shape index (κ1) is 24.5. The fraction of sp³-hybridized carbons (Fsp3) is 0.280. The van der Waals surface area contributed by atoms with E-state index in [1.807, 2.05) is 0 Å². The number of imidazole rings is 1. The largest absolute Gasteiger partial charge is 0.491 e. The number of nitrogens with one attached hydrogen (secondary N) is 1. The number of methoxy groups -OCH3 is 1. The van der Waals surface area contributed by atoms with Gasteiger partial charge < -0.3 is 14.5 Å². The van der Waals surface area contributed by atoms with Gasteiger partial charge in [-0.05, 0) is 42.3 Å². The van der Waals surface area contributed by atoms with Gasteiger partial charge in [-0.3, -0.25) is 4.57 Å². The summed E-state index contributed by atoms with van der Waals surface area (Å²) in [4.78, 5) is 20.5. The van der Waals surface area contributed by atoms with Gasteiger partial charge in [-0.1, -0.05) is 30.3 Å². The monoisotopic (exact) mass is 499 g/mol. The van der Waals surface area contributed by atoms with Crippen LogP contribution in [0.25, 0.3) is 11.0 Å². The predicted molar refractivity (Wildman–Crippen MR) is 132 cm³/mol. The van der Waals surface area contributed by atoms with E-state index in [9.17, 15) is 17.6 Å². The summed E-state index contributed by atoms with van der Waals surface area (Å²) in [5.41, 5.74) is 2.04. The highest BCUT2D eigenvalue weighted by Crippen LogP contribution is 2.30. The molecule has 10 heteroatoms. The lowest BCUT2D eigenvalue weighted by Gasteiger charge is -2.19. The van der Waals surface area contributed by atoms with Crippen LogP contribution in [0, 0.1) is 5.82 Å². The predicted octanol–water partition coefficient (Wildman–Crippen LogP) is 3.50. The summed E-state index contributed by atoms with van der Waals surface area (Å²) < 4.78 is 51.3. The summed E-state index contributed by atoms with van der Waals surface area (Å²) in [6.45, 7) is 2.12. The Kier molecular flexibility index (Phi) is 6.93. The van der Waals surface area contributed by atoms with Crippen molar-refractivity contribution in [1.82, 2.24) is 14.5 Å². The van der Waals surface area contributed by atoms with Crippen LogP contribution in [0.5, 0.6) is 11.6 Å². The minimum absolute atomic E-state index is 0.208. The summed E-state index contributed by atoms with van der Waals surface area (Å²) in [5.74, 6) is -0.0964. The molecule has 0 fully saturated rings. The number of benzene rings is 2. The standard InChI is InChI=1S/C25H26FN3O5S/c1-4-34-24-22(33-2)13-12-19(27-24)21(15-35(3,31)32)29-20-11-7-9-17(23(20)28-25(29)30)14-16-8-5-6-10-18(16)26/h5-13,21H,4,14-15H2,1-3H3,(H,28,30)/t21-/m1/s1. The van der Waals surface area contributed by atoms with Crippen molar-refractivity contribution >= 4 is 20.9 Å². The van der Waals surface area contributed by atoms with Crippen molar-refractivity contribution in [2.45, 2.75) is 19.4 Å². The highest BCUT2D eigenvalue weighted by molar-refractivity contribution is 7.90. The van der Waals surface area contributed by atoms with Gasteiger partial charge in [0.15, 0.2) is 5.75 Å². The minimum Gasteiger partial charge on any atom is -0.491 e. The molecule has 1 atom stereocenters. The third-order valence-electron chi connectivity index (χ3n) is 5.64. The second kappa shape index (κ2) is 9.91. The van der Waals surface area contributed by atoms with Crippen molar-refractivity contribution in [1.29, 1.82) is 0 Å². The number of aromatic nitrogens is 3. The molecule has 2 aromatic carbocycles. The molecule has 0 radical (unpaired) electrons. The first-order valence-corrected chi connectivity index (χ1v) is 13.1. The molecule has 4 aromatic rings. The molecule has 0 aliphatic rings. The number of pyridine rings is 1. The molecular formula is C25H26FN3O5S. The molecule has 0 unspecified atom stereocenters. The van der Waals surface area contributed by atoms with Crippen molar-refractivity contribution in [3.63, 3.8) is 0 Å². The first-order valence-electron chi connectivity index (χ1n) is 11.0. The molecule has 0 amide bonds. The smallest absolute Gasteiger partial charge is 0.327 e. The zero-order valence-corrected chi connectivity index (χ0v) is 20.4. The molecule has 1 N–H and O–H groups in total. The maximum atomic E-state index is 14.3. The first-order chi connectivity index (χ1) is 16.7. The number of hydrogen-bond donors (Lipinski definition) is 1. The molecule has 35 heavy (non-hydrogen) atoms. The number of halogens is 1. The number of fused-ring (bicyclic) bond motifs is 1. The average Bonchev–Trinajstić information content (AvgIpc) is 3.15. The number of nitrogens with zero attached hydrogens (tertiary/aromatic N) is 2. The quantitative estimate of drug-likeness (QED) is 0.378. The Bertz CT molecular complexity index is 1530. The van der Waals surface area contributed by atoms with E-state index >= 15 is 0 Å². The molecule has 2 heterocycles. The normalized spacial score (nSPS) is 12.6. The Labute approximate surface area is 202 Å². The van der Waals surface area contributed by atoms with Gasteiger partial charge in [0.1, 0.15) is 15.7 Å². The number of hydrogen-bond acceptors (Lipinski definition) is 6. The number of ether oxygens (including phenoxy) is 2. The second-order valence-corrected chi connectivity index (χ2v) is 10.3. The molecule has 2 aromatic heterocycles. The van der Waals surface area contributed by atoms with E-state index in [0.29, 0.717) is 40.2 Å². The van der Waals surface area contributed by atoms with Gasteiger partial charge in [0.25, 0.3) is 5.88 Å². The Balaban J connectivity index is 1.88. The maximum Gasteiger partial charge on any atom is 0.327 e. The highest BCUT2D eigenvalue weighted by atomic mass is 32.2. The van der Waals surface area contributed by atoms with Crippen LogP contribution in [0.3, 0.4) is 0 Å². The topological polar surface area (TPSA) is 103 Å². The van der Waals surface area contributed by atoms with E-state index in [-0.39, 0.29) is 23.9 Å². The molecule has 184 valence electrons. The minimum atomic E-state index is -3.52. The number of rotatable bonds is 9. The van der Waals surface area contributed by atoms with Crippen molar-refractivity contribution in [2.75, 3.05) is 25.7 Å². The molecular weight excluding hydrogens is 473 g/mol. The van der Waals surface area contributed by atoms with Crippen LogP contribution in [0.15, 0.2) is 59.4 Å². The SMILES string of the molecule is CCOc1nc([C@@H](CS(C)(=O)=O)n2c(=O)[nH]c3c(Cc4ccccc4F)cccc32)ccc1OC. The van der Waals surface area contributed by atoms with E-state index < -0.39 is 21.6 Å². The van der Waals surface area contributed by atoms with Crippen LogP contribution in [0.2, 0.25) is 0 Å². The van der Waals surface area contributed by atoms with Crippen molar-refractivity contribution in [3.8, 4) is 11.6 Å². The lowest BCUT2D eigenvalue weighted by atomic mass is 10.0. The zero-order valence-electron chi connectivity index (χ0n) is 19.6. The lowest BCUT2D eigenvalue weighted by molar-refractivity contribution is 0.296. The molecule has 0 bridgehead atoms. The average molecular weight is 500 g/mol. The van der Waals surface area contributed by atoms with E-state index in [1.54, 1.807) is 55.5 Å². The van der Waals surface area contributed by atoms with Crippen LogP contribution in [-0.4, -0.2) is 48.7 Å². The molecule has 0 saturated carbocycles. The Hall–Kier alpha value is -3.66. The Morgan fingerprint density at radius 3 is 2.51 bits per heavy atom. The summed E-state index contributed by atoms with van der Waals surface area (Å²) in [6, 6.07) is 14.0. The molecule has 0 spiro atoms. The van der Waals surface area contributed by atoms with Crippen molar-refractivity contribution in [2.24, 2.45) is 0 Å². The van der Waals surface area contributed by atoms with Crippen molar-refractivity contribution in [3.05, 3.63) is 87.7 Å². The van der Waals surface area contributed by atoms with Crippen LogP contribution in [0.1, 0.15) is 29.8 Å². The third kappa shape index (κ3) is 5.22. The van der Waals surface area contributed by atoms with Gasteiger partial charge in [0.05, 0.1) is 42.2 Å². The van der Waals surface area contributed by atoms with Gasteiger partial charge in [-0.2, -0.15) is 0 Å². The fourth-order valence-corrected chi connectivity index (χ4v) is 5.01. The van der Waals surface area contributed by atoms with Crippen LogP contribution >= 0.6 is 0 Å². The lowest BCUT2D eigenvalue weighted by Crippen LogP contribution is -2.29. The number of para-hydroxylation sites is 1. The summed E-state index contributed by atoms with van der Waals surface area (Å²) >= 11 is 0. The molecule has 8 nitrogen and oxygen atoms in total. The van der Waals surface area contributed by atoms with Crippen molar-refractivity contribution < 1.29 is 22.3 Å². The number of sulfone groups is 1. The summed E-state index contributed by atoms with van der Waals surface area (Å²) in [7, 11) is -2.04. The van der Waals surface area contributed by atoms with Crippen LogP contribution in [-0.2, 0) is 16.3 Å². The van der Waals surface area contributed by atoms with E-state index in [1.165, 1.54) is 17.7 Å². The Morgan fingerprint density at radius 2 is 1.83 bits per heavy atom. The van der Waals surface area contributed by atoms with E-state index in [2.05, 4.69) is 9.97 Å². The maximum absolute atomic E-state index is 14.3. The molecule has 0 saturated heterocycles. The van der Waals surface area contributed by atoms with Gasteiger partial charge in [-0.15, -0.1) is 0 Å². The number of aromatic amines is 1. The third-order valence-corrected chi connectivity index (χ3v) is 6.56. The van der Waals surface area contributed by atoms with Gasteiger partial charge >= 0.3 is 5.69 Å². The zero-order chi connectivity index (χ0) is 25.2. The fourth-order valence-electron chi connectivity index (χ4n) is 4.11. The van der Waals surface area contributed by atoms with Gasteiger partial charge in [-0.25, -0.2) is 22.6 Å². The van der Waals surface area contributed by atoms with E-state index in [0.717, 1.165) is 6.26 Å². The van der Waals surface area contributed by atoms with Crippen LogP contribution < -0.4 is 15.2 Å². The summed E-state index contributed by atoms with van der Waals surface area (Å²) in [6.07, 6.45) is 1.37. The summed E-state index contributed by atoms with van der Waals surface area (Å²) in [5, 5.41) is 0. The molecule has 0 aliphatic carbocycles. The Morgan fingerprint density at radius 1 is 1.09 bits per heavy atom. The van der Waals surface area contributed by atoms with Gasteiger partial charge in [0.2, 0.25) is 0 Å². The second-order valence-electron chi connectivity index (χ2n) is 8.16. The molecule has 0 aliphatic heterocycles. The van der Waals surface area contributed by atoms with Crippen LogP contribution in [0.4, 0.5) is 4.39 Å². The van der Waals surface area contributed by atoms with Gasteiger partial charge in [0, 0.05) is 12.7 Å². The van der Waals surface area contributed by atoms with E-state index in [4.69, 9.17) is 9.47 Å². The highest BCUT2D eigenvalue weighted by Gasteiger charge is 2.26. The molecule has 4 rings (SSSR count). The number of H-pyrrole nitrogens is 1.